The van der Waals surface area contributed by atoms with Crippen molar-refractivity contribution in [1.82, 2.24) is 0 Å². The summed E-state index contributed by atoms with van der Waals surface area (Å²) >= 11 is 9.65. The fraction of sp³-hybridized carbons (Fsp3) is 0.300. The van der Waals surface area contributed by atoms with Gasteiger partial charge in [0, 0.05) is 17.6 Å². The Morgan fingerprint density at radius 2 is 2.18 bits per heavy atom. The van der Waals surface area contributed by atoms with Gasteiger partial charge in [0.1, 0.15) is 16.3 Å². The SMILES string of the molecule is CCC1CN(c2c(O)c(N=C(N)N(C#N)c3ccccc3Br)cc(Cl)c2S(N)(=O)=O)CCO1. The van der Waals surface area contributed by atoms with Crippen molar-refractivity contribution in [2.45, 2.75) is 24.3 Å². The smallest absolute Gasteiger partial charge is 0.241 e. The van der Waals surface area contributed by atoms with E-state index in [0.29, 0.717) is 36.3 Å². The second-order valence-electron chi connectivity index (χ2n) is 7.15. The molecule has 1 fully saturated rings. The third kappa shape index (κ3) is 5.34. The number of phenols is 1. The second-order valence-corrected chi connectivity index (χ2v) is 9.91. The zero-order valence-electron chi connectivity index (χ0n) is 17.6. The molecule has 33 heavy (non-hydrogen) atoms. The number of nitrogens with two attached hydrogens (primary N) is 2. The van der Waals surface area contributed by atoms with E-state index in [9.17, 15) is 18.8 Å². The maximum atomic E-state index is 12.3. The average Bonchev–Trinajstić information content (AvgIpc) is 2.76. The van der Waals surface area contributed by atoms with Gasteiger partial charge in [-0.2, -0.15) is 5.26 Å². The van der Waals surface area contributed by atoms with Crippen molar-refractivity contribution in [3.8, 4) is 11.9 Å². The van der Waals surface area contributed by atoms with Gasteiger partial charge in [-0.1, -0.05) is 30.7 Å². The Morgan fingerprint density at radius 3 is 2.79 bits per heavy atom. The maximum Gasteiger partial charge on any atom is 0.241 e. The summed E-state index contributed by atoms with van der Waals surface area (Å²) in [6.07, 6.45) is 2.44. The van der Waals surface area contributed by atoms with Crippen LogP contribution in [0.1, 0.15) is 13.3 Å². The van der Waals surface area contributed by atoms with Crippen LogP contribution in [0.2, 0.25) is 5.02 Å². The molecule has 0 aromatic heterocycles. The molecule has 0 radical (unpaired) electrons. The van der Waals surface area contributed by atoms with Gasteiger partial charge in [0.25, 0.3) is 0 Å². The van der Waals surface area contributed by atoms with E-state index in [0.717, 1.165) is 11.0 Å². The van der Waals surface area contributed by atoms with Crippen LogP contribution in [0.4, 0.5) is 17.1 Å². The largest absolute Gasteiger partial charge is 0.504 e. The molecule has 5 N–H and O–H groups in total. The van der Waals surface area contributed by atoms with Crippen molar-refractivity contribution >= 4 is 60.6 Å². The first-order valence-corrected chi connectivity index (χ1v) is 12.5. The predicted molar refractivity (Wildman–Crippen MR) is 130 cm³/mol. The number of morpholine rings is 1. The minimum absolute atomic E-state index is 0.0808. The number of rotatable bonds is 5. The molecule has 1 atom stereocenters. The van der Waals surface area contributed by atoms with Crippen LogP contribution in [0.15, 0.2) is 44.7 Å². The Hall–Kier alpha value is -2.56. The third-order valence-corrected chi connectivity index (χ3v) is 7.08. The summed E-state index contributed by atoms with van der Waals surface area (Å²) in [6, 6.07) is 8.00. The van der Waals surface area contributed by atoms with Gasteiger partial charge in [-0.15, -0.1) is 0 Å². The van der Waals surface area contributed by atoms with Gasteiger partial charge in [-0.3, -0.25) is 0 Å². The molecule has 1 unspecified atom stereocenters. The molecule has 176 valence electrons. The molecule has 0 bridgehead atoms. The topological polar surface area (TPSA) is 158 Å². The maximum absolute atomic E-state index is 12.3. The molecule has 2 aromatic rings. The number of benzene rings is 2. The molecule has 0 spiro atoms. The number of hydrogen-bond acceptors (Lipinski definition) is 7. The molecule has 1 saturated heterocycles. The monoisotopic (exact) mass is 556 g/mol. The lowest BCUT2D eigenvalue weighted by Gasteiger charge is -2.35. The highest BCUT2D eigenvalue weighted by molar-refractivity contribution is 9.10. The Morgan fingerprint density at radius 1 is 1.48 bits per heavy atom. The van der Waals surface area contributed by atoms with Gasteiger partial charge in [0.05, 0.1) is 23.4 Å². The molecule has 0 amide bonds. The van der Waals surface area contributed by atoms with Gasteiger partial charge < -0.3 is 20.5 Å². The number of aromatic hydroxyl groups is 1. The Balaban J connectivity index is 2.16. The van der Waals surface area contributed by atoms with Gasteiger partial charge in [0.15, 0.2) is 11.9 Å². The summed E-state index contributed by atoms with van der Waals surface area (Å²) in [5.41, 5.74) is 6.30. The molecule has 1 aliphatic heterocycles. The van der Waals surface area contributed by atoms with Gasteiger partial charge in [-0.25, -0.2) is 23.4 Å². The summed E-state index contributed by atoms with van der Waals surface area (Å²) in [6.45, 7) is 2.86. The van der Waals surface area contributed by atoms with Crippen LogP contribution in [0, 0.1) is 11.5 Å². The third-order valence-electron chi connectivity index (χ3n) is 5.01. The number of nitriles is 1. The van der Waals surface area contributed by atoms with Crippen molar-refractivity contribution in [3.63, 3.8) is 0 Å². The van der Waals surface area contributed by atoms with E-state index in [1.54, 1.807) is 29.2 Å². The van der Waals surface area contributed by atoms with Crippen LogP contribution in [0.3, 0.4) is 0 Å². The van der Waals surface area contributed by atoms with Gasteiger partial charge in [-0.05, 0) is 40.5 Å². The van der Waals surface area contributed by atoms with E-state index in [4.69, 9.17) is 27.2 Å². The molecule has 1 aliphatic rings. The van der Waals surface area contributed by atoms with Crippen molar-refractivity contribution in [2.75, 3.05) is 29.5 Å². The first-order chi connectivity index (χ1) is 15.6. The van der Waals surface area contributed by atoms with Gasteiger partial charge in [0.2, 0.25) is 16.0 Å². The summed E-state index contributed by atoms with van der Waals surface area (Å²) in [7, 11) is -4.30. The number of ether oxygens (including phenoxy) is 1. The van der Waals surface area contributed by atoms with Crippen LogP contribution in [-0.4, -0.2) is 45.3 Å². The Bertz CT molecular complexity index is 1230. The van der Waals surface area contributed by atoms with Gasteiger partial charge >= 0.3 is 0 Å². The number of para-hydroxylation sites is 1. The zero-order chi connectivity index (χ0) is 24.3. The summed E-state index contributed by atoms with van der Waals surface area (Å²) in [5, 5.41) is 25.9. The molecular formula is C20H22BrClN6O4S. The van der Waals surface area contributed by atoms with Crippen LogP contribution >= 0.6 is 27.5 Å². The van der Waals surface area contributed by atoms with Crippen molar-refractivity contribution < 1.29 is 18.3 Å². The number of phenolic OH excluding ortho intramolecular Hbond substituents is 1. The number of anilines is 2. The van der Waals surface area contributed by atoms with E-state index < -0.39 is 20.7 Å². The van der Waals surface area contributed by atoms with Crippen LogP contribution < -0.4 is 20.7 Å². The van der Waals surface area contributed by atoms with E-state index in [1.807, 2.05) is 13.1 Å². The summed E-state index contributed by atoms with van der Waals surface area (Å²) < 4.78 is 30.9. The average molecular weight is 558 g/mol. The first-order valence-electron chi connectivity index (χ1n) is 9.81. The molecule has 1 heterocycles. The normalized spacial score (nSPS) is 17.0. The molecule has 3 rings (SSSR count). The number of primary sulfonamides is 1. The number of aliphatic imine (C=N–C) groups is 1. The van der Waals surface area contributed by atoms with Crippen LogP contribution in [0.5, 0.6) is 5.75 Å². The quantitative estimate of drug-likeness (QED) is 0.219. The van der Waals surface area contributed by atoms with Crippen LogP contribution in [-0.2, 0) is 14.8 Å². The fourth-order valence-corrected chi connectivity index (χ4v) is 5.25. The van der Waals surface area contributed by atoms with E-state index in [2.05, 4.69) is 20.9 Å². The van der Waals surface area contributed by atoms with Crippen LogP contribution in [0.25, 0.3) is 0 Å². The second kappa shape index (κ2) is 10.1. The van der Waals surface area contributed by atoms with E-state index in [-0.39, 0.29) is 28.5 Å². The zero-order valence-corrected chi connectivity index (χ0v) is 20.7. The lowest BCUT2D eigenvalue weighted by molar-refractivity contribution is 0.0381. The fourth-order valence-electron chi connectivity index (χ4n) is 3.45. The highest BCUT2D eigenvalue weighted by Crippen LogP contribution is 2.46. The van der Waals surface area contributed by atoms with Crippen molar-refractivity contribution in [1.29, 1.82) is 5.26 Å². The molecule has 0 aliphatic carbocycles. The number of hydrogen-bond donors (Lipinski definition) is 3. The summed E-state index contributed by atoms with van der Waals surface area (Å²) in [5.74, 6) is -0.744. The molecule has 13 heteroatoms. The number of sulfonamides is 1. The highest BCUT2D eigenvalue weighted by Gasteiger charge is 2.31. The highest BCUT2D eigenvalue weighted by atomic mass is 79.9. The minimum atomic E-state index is -4.30. The Labute approximate surface area is 205 Å². The number of nitrogens with zero attached hydrogens (tertiary/aromatic N) is 4. The summed E-state index contributed by atoms with van der Waals surface area (Å²) in [4.78, 5) is 6.45. The van der Waals surface area contributed by atoms with Crippen molar-refractivity contribution in [2.24, 2.45) is 15.9 Å². The van der Waals surface area contributed by atoms with E-state index in [1.165, 1.54) is 0 Å². The Kier molecular flexibility index (Phi) is 7.71. The number of guanidine groups is 1. The molecular weight excluding hydrogens is 536 g/mol. The standard InChI is InChI=1S/C20H22BrClN6O4S/c1-2-12-10-27(7-8-32-12)17-18(29)15(9-14(22)19(17)33(25,30)31)26-20(24)28(11-23)16-6-4-3-5-13(16)21/h3-6,9,12,29H,2,7-8,10H2,1H3,(H2,24,26)(H2,25,30,31). The molecule has 0 saturated carbocycles. The minimum Gasteiger partial charge on any atom is -0.504 e. The predicted octanol–water partition coefficient (Wildman–Crippen LogP) is 3.00. The molecule has 2 aromatic carbocycles. The number of halogens is 2. The lowest BCUT2D eigenvalue weighted by Crippen LogP contribution is -2.43. The molecule has 10 nitrogen and oxygen atoms in total. The lowest BCUT2D eigenvalue weighted by atomic mass is 10.1. The van der Waals surface area contributed by atoms with E-state index >= 15 is 0 Å². The first kappa shape index (κ1) is 25.1. The van der Waals surface area contributed by atoms with Crippen molar-refractivity contribution in [3.05, 3.63) is 39.8 Å².